The van der Waals surface area contributed by atoms with Crippen LogP contribution < -0.4 is 10.6 Å². The molecule has 0 saturated carbocycles. The topological polar surface area (TPSA) is 67.4 Å². The molecule has 0 spiro atoms. The van der Waals surface area contributed by atoms with Crippen LogP contribution in [0.3, 0.4) is 0 Å². The number of nitrogens with one attached hydrogen (secondary N) is 2. The van der Waals surface area contributed by atoms with Gasteiger partial charge in [0.2, 0.25) is 5.91 Å². The number of amides is 2. The molecule has 0 radical (unpaired) electrons. The van der Waals surface area contributed by atoms with E-state index in [0.29, 0.717) is 24.6 Å². The largest absolute Gasteiger partial charge is 0.382 e. The number of hydrogen-bond donors (Lipinski definition) is 2. The molecular weight excluding hydrogens is 324 g/mol. The highest BCUT2D eigenvalue weighted by Gasteiger charge is 2.23. The zero-order valence-corrected chi connectivity index (χ0v) is 14.5. The van der Waals surface area contributed by atoms with E-state index in [2.05, 4.69) is 10.6 Å². The Morgan fingerprint density at radius 2 is 1.96 bits per heavy atom. The molecule has 24 heavy (non-hydrogen) atoms. The van der Waals surface area contributed by atoms with Crippen molar-refractivity contribution in [2.45, 2.75) is 19.4 Å². The van der Waals surface area contributed by atoms with E-state index in [1.807, 2.05) is 48.7 Å². The highest BCUT2D eigenvalue weighted by atomic mass is 32.1. The number of ether oxygens (including phenoxy) is 1. The van der Waals surface area contributed by atoms with E-state index >= 15 is 0 Å². The second kappa shape index (κ2) is 9.85. The van der Waals surface area contributed by atoms with Gasteiger partial charge in [-0.1, -0.05) is 36.4 Å². The predicted octanol–water partition coefficient (Wildman–Crippen LogP) is 2.76. The maximum absolute atomic E-state index is 12.5. The van der Waals surface area contributed by atoms with Crippen LogP contribution in [0.1, 0.15) is 34.6 Å². The molecule has 1 aromatic heterocycles. The summed E-state index contributed by atoms with van der Waals surface area (Å²) in [7, 11) is 0. The summed E-state index contributed by atoms with van der Waals surface area (Å²) in [6, 6.07) is 12.1. The Morgan fingerprint density at radius 3 is 2.62 bits per heavy atom. The second-order valence-corrected chi connectivity index (χ2v) is 6.08. The van der Waals surface area contributed by atoms with Gasteiger partial charge >= 0.3 is 0 Å². The third kappa shape index (κ3) is 5.47. The number of benzene rings is 1. The smallest absolute Gasteiger partial charge is 0.262 e. The molecule has 6 heteroatoms. The van der Waals surface area contributed by atoms with Gasteiger partial charge in [-0.3, -0.25) is 9.59 Å². The lowest BCUT2D eigenvalue weighted by Gasteiger charge is -2.18. The molecule has 1 unspecified atom stereocenters. The number of rotatable bonds is 9. The molecule has 2 rings (SSSR count). The average molecular weight is 346 g/mol. The van der Waals surface area contributed by atoms with Crippen LogP contribution in [0.2, 0.25) is 0 Å². The summed E-state index contributed by atoms with van der Waals surface area (Å²) in [5.41, 5.74) is 0.754. The van der Waals surface area contributed by atoms with E-state index in [-0.39, 0.29) is 11.8 Å². The van der Waals surface area contributed by atoms with E-state index in [9.17, 15) is 9.59 Å². The summed E-state index contributed by atoms with van der Waals surface area (Å²) >= 11 is 1.35. The van der Waals surface area contributed by atoms with Gasteiger partial charge in [0.15, 0.2) is 0 Å². The lowest BCUT2D eigenvalue weighted by atomic mass is 10.1. The Bertz CT molecular complexity index is 629. The Hall–Kier alpha value is -2.18. The van der Waals surface area contributed by atoms with Crippen molar-refractivity contribution in [3.8, 4) is 0 Å². The first-order chi connectivity index (χ1) is 11.7. The van der Waals surface area contributed by atoms with Crippen molar-refractivity contribution in [2.24, 2.45) is 0 Å². The first-order valence-electron chi connectivity index (χ1n) is 7.97. The Balaban J connectivity index is 2.00. The van der Waals surface area contributed by atoms with Crippen molar-refractivity contribution >= 4 is 23.2 Å². The van der Waals surface area contributed by atoms with Gasteiger partial charge in [-0.25, -0.2) is 0 Å². The van der Waals surface area contributed by atoms with Gasteiger partial charge in [0.05, 0.1) is 4.88 Å². The van der Waals surface area contributed by atoms with E-state index in [0.717, 1.165) is 12.0 Å². The van der Waals surface area contributed by atoms with Crippen LogP contribution >= 0.6 is 11.3 Å². The molecule has 0 aliphatic rings. The molecule has 2 N–H and O–H groups in total. The normalized spacial score (nSPS) is 11.7. The Kier molecular flexibility index (Phi) is 7.45. The summed E-state index contributed by atoms with van der Waals surface area (Å²) < 4.78 is 5.25. The van der Waals surface area contributed by atoms with Gasteiger partial charge in [-0.05, 0) is 30.4 Å². The minimum absolute atomic E-state index is 0.220. The van der Waals surface area contributed by atoms with Gasteiger partial charge in [0.1, 0.15) is 6.04 Å². The minimum Gasteiger partial charge on any atom is -0.382 e. The molecule has 0 fully saturated rings. The van der Waals surface area contributed by atoms with E-state index < -0.39 is 6.04 Å². The molecule has 1 heterocycles. The predicted molar refractivity (Wildman–Crippen MR) is 95.1 cm³/mol. The minimum atomic E-state index is -0.715. The lowest BCUT2D eigenvalue weighted by molar-refractivity contribution is -0.123. The number of thiophene rings is 1. The van der Waals surface area contributed by atoms with Crippen LogP contribution in [0.25, 0.3) is 0 Å². The molecule has 0 saturated heterocycles. The highest BCUT2D eigenvalue weighted by molar-refractivity contribution is 7.12. The molecule has 128 valence electrons. The maximum atomic E-state index is 12.5. The number of carbonyl (C=O) groups is 2. The van der Waals surface area contributed by atoms with Crippen LogP contribution in [0.4, 0.5) is 0 Å². The first kappa shape index (κ1) is 18.2. The van der Waals surface area contributed by atoms with Crippen molar-refractivity contribution in [1.29, 1.82) is 0 Å². The summed E-state index contributed by atoms with van der Waals surface area (Å²) in [5, 5.41) is 7.51. The van der Waals surface area contributed by atoms with E-state index in [1.165, 1.54) is 11.3 Å². The summed E-state index contributed by atoms with van der Waals surface area (Å²) in [5.74, 6) is -0.467. The molecule has 0 bridgehead atoms. The molecule has 0 aliphatic heterocycles. The van der Waals surface area contributed by atoms with Crippen molar-refractivity contribution in [2.75, 3.05) is 19.8 Å². The lowest BCUT2D eigenvalue weighted by Crippen LogP contribution is -2.40. The first-order valence-corrected chi connectivity index (χ1v) is 8.85. The van der Waals surface area contributed by atoms with Crippen LogP contribution in [0, 0.1) is 0 Å². The Morgan fingerprint density at radius 1 is 1.17 bits per heavy atom. The molecule has 2 aromatic rings. The van der Waals surface area contributed by atoms with Gasteiger partial charge in [-0.2, -0.15) is 0 Å². The van der Waals surface area contributed by atoms with Crippen LogP contribution in [-0.2, 0) is 9.53 Å². The third-order valence-corrected chi connectivity index (χ3v) is 4.25. The van der Waals surface area contributed by atoms with E-state index in [4.69, 9.17) is 4.74 Å². The maximum Gasteiger partial charge on any atom is 0.262 e. The fraction of sp³-hybridized carbons (Fsp3) is 0.333. The molecule has 2 amide bonds. The highest BCUT2D eigenvalue weighted by Crippen LogP contribution is 2.15. The molecular formula is C18H22N2O3S. The SMILES string of the molecule is CCOCCCNC(=O)C(NC(=O)c1cccs1)c1ccccc1. The molecule has 1 atom stereocenters. The molecule has 5 nitrogen and oxygen atoms in total. The Labute approximate surface area is 146 Å². The molecule has 0 aliphatic carbocycles. The van der Waals surface area contributed by atoms with Crippen molar-refractivity contribution in [1.82, 2.24) is 10.6 Å². The zero-order valence-electron chi connectivity index (χ0n) is 13.7. The fourth-order valence-corrected chi connectivity index (χ4v) is 2.81. The van der Waals surface area contributed by atoms with Crippen molar-refractivity contribution < 1.29 is 14.3 Å². The number of carbonyl (C=O) groups excluding carboxylic acids is 2. The van der Waals surface area contributed by atoms with Gasteiger partial charge in [0, 0.05) is 19.8 Å². The zero-order chi connectivity index (χ0) is 17.2. The fourth-order valence-electron chi connectivity index (χ4n) is 2.19. The quantitative estimate of drug-likeness (QED) is 0.686. The summed E-state index contributed by atoms with van der Waals surface area (Å²) in [4.78, 5) is 25.4. The standard InChI is InChI=1S/C18H22N2O3S/c1-2-23-12-7-11-19-18(22)16(14-8-4-3-5-9-14)20-17(21)15-10-6-13-24-15/h3-6,8-10,13,16H,2,7,11-12H2,1H3,(H,19,22)(H,20,21). The number of hydrogen-bond acceptors (Lipinski definition) is 4. The van der Waals surface area contributed by atoms with Gasteiger partial charge < -0.3 is 15.4 Å². The van der Waals surface area contributed by atoms with E-state index in [1.54, 1.807) is 6.07 Å². The molecule has 1 aromatic carbocycles. The monoisotopic (exact) mass is 346 g/mol. The van der Waals surface area contributed by atoms with Crippen LogP contribution in [0.5, 0.6) is 0 Å². The second-order valence-electron chi connectivity index (χ2n) is 5.14. The average Bonchev–Trinajstić information content (AvgIpc) is 3.14. The van der Waals surface area contributed by atoms with Crippen LogP contribution in [0.15, 0.2) is 47.8 Å². The van der Waals surface area contributed by atoms with Gasteiger partial charge in [-0.15, -0.1) is 11.3 Å². The van der Waals surface area contributed by atoms with Gasteiger partial charge in [0.25, 0.3) is 5.91 Å². The third-order valence-electron chi connectivity index (χ3n) is 3.38. The van der Waals surface area contributed by atoms with Crippen LogP contribution in [-0.4, -0.2) is 31.6 Å². The summed E-state index contributed by atoms with van der Waals surface area (Å²) in [6.07, 6.45) is 0.736. The van der Waals surface area contributed by atoms with Crippen molar-refractivity contribution in [3.05, 3.63) is 58.3 Å². The summed E-state index contributed by atoms with van der Waals surface area (Å²) in [6.45, 7) is 3.72. The van der Waals surface area contributed by atoms with Crippen molar-refractivity contribution in [3.63, 3.8) is 0 Å².